The van der Waals surface area contributed by atoms with Crippen LogP contribution >= 0.6 is 0 Å². The second-order valence-electron chi connectivity index (χ2n) is 5.66. The Kier molecular flexibility index (Phi) is 4.41. The van der Waals surface area contributed by atoms with Crippen molar-refractivity contribution in [2.75, 3.05) is 6.54 Å². The Morgan fingerprint density at radius 2 is 2.00 bits per heavy atom. The van der Waals surface area contributed by atoms with Gasteiger partial charge in [0.05, 0.1) is 0 Å². The summed E-state index contributed by atoms with van der Waals surface area (Å²) in [6.07, 6.45) is 3.87. The number of hydrogen-bond acceptors (Lipinski definition) is 2. The number of hydrogen-bond donors (Lipinski definition) is 1. The van der Waals surface area contributed by atoms with Crippen molar-refractivity contribution in [2.45, 2.75) is 58.2 Å². The molecule has 0 bridgehead atoms. The van der Waals surface area contributed by atoms with Gasteiger partial charge in [-0.1, -0.05) is 36.8 Å². The summed E-state index contributed by atoms with van der Waals surface area (Å²) in [7, 11) is 0. The van der Waals surface area contributed by atoms with Gasteiger partial charge in [0.25, 0.3) is 0 Å². The van der Waals surface area contributed by atoms with E-state index in [1.165, 1.54) is 36.9 Å². The summed E-state index contributed by atoms with van der Waals surface area (Å²) in [4.78, 5) is 2.62. The third-order valence-electron chi connectivity index (χ3n) is 4.17. The minimum absolute atomic E-state index is 0.180. The Labute approximate surface area is 111 Å². The summed E-state index contributed by atoms with van der Waals surface area (Å²) in [5, 5.41) is 0. The zero-order chi connectivity index (χ0) is 13.1. The minimum Gasteiger partial charge on any atom is -0.326 e. The lowest BCUT2D eigenvalue weighted by Gasteiger charge is -2.35. The van der Waals surface area contributed by atoms with Crippen LogP contribution in [-0.4, -0.2) is 23.5 Å². The minimum atomic E-state index is 0.180. The van der Waals surface area contributed by atoms with Crippen LogP contribution in [0.3, 0.4) is 0 Å². The molecule has 0 aliphatic carbocycles. The largest absolute Gasteiger partial charge is 0.326 e. The molecule has 2 rings (SSSR count). The molecule has 1 aromatic rings. The van der Waals surface area contributed by atoms with E-state index in [2.05, 4.69) is 49.9 Å². The van der Waals surface area contributed by atoms with Crippen LogP contribution in [0.1, 0.15) is 50.3 Å². The van der Waals surface area contributed by atoms with E-state index in [9.17, 15) is 0 Å². The molecule has 18 heavy (non-hydrogen) atoms. The molecule has 1 aliphatic rings. The second-order valence-corrected chi connectivity index (χ2v) is 5.66. The van der Waals surface area contributed by atoms with Gasteiger partial charge in [-0.05, 0) is 45.2 Å². The first-order valence-corrected chi connectivity index (χ1v) is 7.21. The molecule has 1 fully saturated rings. The SMILES string of the molecule is CCC1CCCN1C(c1ccc(C)cc1)C(C)N. The Hall–Kier alpha value is -0.860. The van der Waals surface area contributed by atoms with Crippen LogP contribution in [-0.2, 0) is 0 Å². The number of rotatable bonds is 4. The van der Waals surface area contributed by atoms with E-state index in [4.69, 9.17) is 5.73 Å². The fourth-order valence-electron chi connectivity index (χ4n) is 3.22. The molecule has 0 spiro atoms. The molecule has 0 radical (unpaired) electrons. The molecule has 1 saturated heterocycles. The summed E-state index contributed by atoms with van der Waals surface area (Å²) in [6, 6.07) is 10.1. The van der Waals surface area contributed by atoms with Crippen LogP contribution in [0.15, 0.2) is 24.3 Å². The predicted octanol–water partition coefficient (Wildman–Crippen LogP) is 3.26. The molecular weight excluding hydrogens is 220 g/mol. The number of aryl methyl sites for hydroxylation is 1. The summed E-state index contributed by atoms with van der Waals surface area (Å²) in [5.74, 6) is 0. The molecule has 3 unspecified atom stereocenters. The standard InChI is InChI=1S/C16H26N2/c1-4-15-6-5-11-18(15)16(13(3)17)14-9-7-12(2)8-10-14/h7-10,13,15-16H,4-6,11,17H2,1-3H3. The van der Waals surface area contributed by atoms with Crippen molar-refractivity contribution < 1.29 is 0 Å². The van der Waals surface area contributed by atoms with Gasteiger partial charge in [0.1, 0.15) is 0 Å². The highest BCUT2D eigenvalue weighted by Crippen LogP contribution is 2.32. The molecule has 0 amide bonds. The molecule has 2 heteroatoms. The zero-order valence-electron chi connectivity index (χ0n) is 11.9. The molecule has 3 atom stereocenters. The topological polar surface area (TPSA) is 29.3 Å². The summed E-state index contributed by atoms with van der Waals surface area (Å²) in [5.41, 5.74) is 8.95. The highest BCUT2D eigenvalue weighted by atomic mass is 15.2. The molecule has 1 aromatic carbocycles. The van der Waals surface area contributed by atoms with E-state index >= 15 is 0 Å². The fourth-order valence-corrected chi connectivity index (χ4v) is 3.22. The number of likely N-dealkylation sites (tertiary alicyclic amines) is 1. The lowest BCUT2D eigenvalue weighted by molar-refractivity contribution is 0.157. The maximum atomic E-state index is 6.26. The van der Waals surface area contributed by atoms with Crippen molar-refractivity contribution in [1.29, 1.82) is 0 Å². The van der Waals surface area contributed by atoms with Gasteiger partial charge < -0.3 is 5.73 Å². The summed E-state index contributed by atoms with van der Waals surface area (Å²) >= 11 is 0. The quantitative estimate of drug-likeness (QED) is 0.883. The second kappa shape index (κ2) is 5.85. The van der Waals surface area contributed by atoms with Crippen molar-refractivity contribution in [3.63, 3.8) is 0 Å². The predicted molar refractivity (Wildman–Crippen MR) is 77.6 cm³/mol. The maximum Gasteiger partial charge on any atom is 0.0499 e. The van der Waals surface area contributed by atoms with E-state index < -0.39 is 0 Å². The molecule has 0 aromatic heterocycles. The Morgan fingerprint density at radius 1 is 1.33 bits per heavy atom. The maximum absolute atomic E-state index is 6.26. The van der Waals surface area contributed by atoms with Crippen molar-refractivity contribution in [1.82, 2.24) is 4.90 Å². The van der Waals surface area contributed by atoms with Gasteiger partial charge in [0, 0.05) is 18.1 Å². The van der Waals surface area contributed by atoms with Gasteiger partial charge in [-0.3, -0.25) is 4.90 Å². The monoisotopic (exact) mass is 246 g/mol. The van der Waals surface area contributed by atoms with Crippen molar-refractivity contribution in [3.05, 3.63) is 35.4 Å². The van der Waals surface area contributed by atoms with E-state index in [-0.39, 0.29) is 6.04 Å². The van der Waals surface area contributed by atoms with Crippen molar-refractivity contribution in [3.8, 4) is 0 Å². The third kappa shape index (κ3) is 2.76. The first-order chi connectivity index (χ1) is 8.63. The molecule has 2 nitrogen and oxygen atoms in total. The van der Waals surface area contributed by atoms with Gasteiger partial charge in [0.15, 0.2) is 0 Å². The average molecular weight is 246 g/mol. The van der Waals surface area contributed by atoms with Crippen LogP contribution in [0.4, 0.5) is 0 Å². The van der Waals surface area contributed by atoms with Gasteiger partial charge >= 0.3 is 0 Å². The van der Waals surface area contributed by atoms with Crippen LogP contribution < -0.4 is 5.73 Å². The zero-order valence-corrected chi connectivity index (χ0v) is 11.9. The fraction of sp³-hybridized carbons (Fsp3) is 0.625. The lowest BCUT2D eigenvalue weighted by atomic mass is 9.97. The normalized spacial score (nSPS) is 24.1. The summed E-state index contributed by atoms with van der Waals surface area (Å²) < 4.78 is 0. The highest BCUT2D eigenvalue weighted by molar-refractivity contribution is 5.25. The third-order valence-corrected chi connectivity index (χ3v) is 4.17. The van der Waals surface area contributed by atoms with Gasteiger partial charge in [0.2, 0.25) is 0 Å². The smallest absolute Gasteiger partial charge is 0.0499 e. The molecule has 0 saturated carbocycles. The van der Waals surface area contributed by atoms with Gasteiger partial charge in [-0.25, -0.2) is 0 Å². The molecule has 1 aliphatic heterocycles. The van der Waals surface area contributed by atoms with Crippen LogP contribution in [0, 0.1) is 6.92 Å². The number of nitrogens with two attached hydrogens (primary N) is 1. The van der Waals surface area contributed by atoms with Gasteiger partial charge in [-0.15, -0.1) is 0 Å². The lowest BCUT2D eigenvalue weighted by Crippen LogP contribution is -2.42. The Morgan fingerprint density at radius 3 is 2.56 bits per heavy atom. The van der Waals surface area contributed by atoms with E-state index in [1.807, 2.05) is 0 Å². The number of benzene rings is 1. The first kappa shape index (κ1) is 13.6. The van der Waals surface area contributed by atoms with Crippen molar-refractivity contribution >= 4 is 0 Å². The van der Waals surface area contributed by atoms with E-state index in [0.29, 0.717) is 12.1 Å². The summed E-state index contributed by atoms with van der Waals surface area (Å²) in [6.45, 7) is 7.75. The van der Waals surface area contributed by atoms with Crippen LogP contribution in [0.5, 0.6) is 0 Å². The molecular formula is C16H26N2. The van der Waals surface area contributed by atoms with Crippen LogP contribution in [0.25, 0.3) is 0 Å². The van der Waals surface area contributed by atoms with Gasteiger partial charge in [-0.2, -0.15) is 0 Å². The number of nitrogens with zero attached hydrogens (tertiary/aromatic N) is 1. The van der Waals surface area contributed by atoms with Crippen LogP contribution in [0.2, 0.25) is 0 Å². The molecule has 1 heterocycles. The first-order valence-electron chi connectivity index (χ1n) is 7.21. The molecule has 2 N–H and O–H groups in total. The highest BCUT2D eigenvalue weighted by Gasteiger charge is 2.32. The Bertz CT molecular complexity index is 369. The van der Waals surface area contributed by atoms with E-state index in [0.717, 1.165) is 0 Å². The Balaban J connectivity index is 2.25. The molecule has 100 valence electrons. The van der Waals surface area contributed by atoms with E-state index in [1.54, 1.807) is 0 Å². The van der Waals surface area contributed by atoms with Crippen molar-refractivity contribution in [2.24, 2.45) is 5.73 Å². The average Bonchev–Trinajstić information content (AvgIpc) is 2.79.